The number of anilines is 1. The summed E-state index contributed by atoms with van der Waals surface area (Å²) in [6.45, 7) is 2.32. The molecule has 22 heavy (non-hydrogen) atoms. The van der Waals surface area contributed by atoms with E-state index < -0.39 is 17.1 Å². The van der Waals surface area contributed by atoms with Crippen molar-refractivity contribution in [2.24, 2.45) is 0 Å². The number of benzene rings is 1. The number of ether oxygens (including phenoxy) is 1. The predicted molar refractivity (Wildman–Crippen MR) is 82.7 cm³/mol. The van der Waals surface area contributed by atoms with E-state index in [2.05, 4.69) is 9.97 Å². The number of hydrogen-bond acceptors (Lipinski definition) is 5. The fourth-order valence-corrected chi connectivity index (χ4v) is 1.95. The van der Waals surface area contributed by atoms with E-state index in [9.17, 15) is 9.59 Å². The smallest absolute Gasteiger partial charge is 0.342 e. The van der Waals surface area contributed by atoms with Crippen LogP contribution in [0, 0.1) is 0 Å². The number of hydrogen-bond donors (Lipinski definition) is 2. The van der Waals surface area contributed by atoms with E-state index in [1.165, 1.54) is 0 Å². The summed E-state index contributed by atoms with van der Waals surface area (Å²) in [6.07, 6.45) is 1.05. The molecule has 7 nitrogen and oxygen atoms in total. The molecule has 2 N–H and O–H groups in total. The largest absolute Gasteiger partial charge is 0.493 e. The van der Waals surface area contributed by atoms with E-state index in [1.807, 2.05) is 38.1 Å². The molecule has 0 spiro atoms. The van der Waals surface area contributed by atoms with Crippen LogP contribution in [0.3, 0.4) is 0 Å². The molecule has 0 aliphatic heterocycles. The van der Waals surface area contributed by atoms with E-state index in [0.717, 1.165) is 11.9 Å². The van der Waals surface area contributed by atoms with Crippen LogP contribution in [0.25, 0.3) is 11.4 Å². The van der Waals surface area contributed by atoms with Crippen molar-refractivity contribution in [1.29, 1.82) is 0 Å². The monoisotopic (exact) mass is 303 g/mol. The summed E-state index contributed by atoms with van der Waals surface area (Å²) in [5.41, 5.74) is 0.409. The Morgan fingerprint density at radius 3 is 2.68 bits per heavy atom. The first kappa shape index (κ1) is 15.6. The highest BCUT2D eigenvalue weighted by molar-refractivity contribution is 5.87. The van der Waals surface area contributed by atoms with Crippen molar-refractivity contribution in [3.8, 4) is 17.1 Å². The summed E-state index contributed by atoms with van der Waals surface area (Å²) >= 11 is 0. The van der Waals surface area contributed by atoms with Gasteiger partial charge in [0.15, 0.2) is 0 Å². The fourth-order valence-electron chi connectivity index (χ4n) is 1.95. The Hall–Kier alpha value is -2.83. The average Bonchev–Trinajstić information content (AvgIpc) is 2.47. The molecule has 1 heterocycles. The first-order chi connectivity index (χ1) is 10.4. The average molecular weight is 303 g/mol. The summed E-state index contributed by atoms with van der Waals surface area (Å²) in [5.74, 6) is -0.478. The second-order valence-corrected chi connectivity index (χ2v) is 4.79. The maximum atomic E-state index is 11.8. The first-order valence-corrected chi connectivity index (χ1v) is 6.71. The number of aromatic carboxylic acids is 1. The highest BCUT2D eigenvalue weighted by atomic mass is 16.5. The number of carboxylic acids is 1. The van der Waals surface area contributed by atoms with Crippen LogP contribution in [0.1, 0.15) is 17.3 Å². The lowest BCUT2D eigenvalue weighted by Crippen LogP contribution is -2.19. The normalized spacial score (nSPS) is 10.3. The number of nitrogens with one attached hydrogen (secondary N) is 1. The van der Waals surface area contributed by atoms with Gasteiger partial charge in [0.05, 0.1) is 12.2 Å². The van der Waals surface area contributed by atoms with Gasteiger partial charge in [0.25, 0.3) is 5.56 Å². The van der Waals surface area contributed by atoms with Gasteiger partial charge in [-0.2, -0.15) is 0 Å². The zero-order valence-corrected chi connectivity index (χ0v) is 12.6. The molecule has 0 amide bonds. The molecule has 0 fully saturated rings. The molecule has 7 heteroatoms. The molecule has 0 aliphatic carbocycles. The van der Waals surface area contributed by atoms with E-state index in [1.54, 1.807) is 6.07 Å². The second kappa shape index (κ2) is 6.30. The van der Waals surface area contributed by atoms with Crippen LogP contribution in [0.2, 0.25) is 0 Å². The van der Waals surface area contributed by atoms with Crippen molar-refractivity contribution >= 4 is 11.7 Å². The lowest BCUT2D eigenvalue weighted by atomic mass is 10.1. The topological polar surface area (TPSA) is 95.5 Å². The number of rotatable bonds is 5. The highest BCUT2D eigenvalue weighted by Crippen LogP contribution is 2.31. The van der Waals surface area contributed by atoms with Crippen LogP contribution < -0.4 is 15.2 Å². The van der Waals surface area contributed by atoms with Gasteiger partial charge in [-0.3, -0.25) is 4.79 Å². The molecule has 116 valence electrons. The summed E-state index contributed by atoms with van der Waals surface area (Å²) in [6, 6.07) is 5.50. The lowest BCUT2D eigenvalue weighted by molar-refractivity contribution is 0.0694. The summed E-state index contributed by atoms with van der Waals surface area (Å²) in [7, 11) is 3.78. The Morgan fingerprint density at radius 1 is 1.41 bits per heavy atom. The SMILES string of the molecule is CCOc1ccc(N(C)C)cc1-c1ncc(C(=O)O)c(=O)[nH]1. The van der Waals surface area contributed by atoms with Crippen LogP contribution in [0.5, 0.6) is 5.75 Å². The molecular formula is C15H17N3O4. The number of carbonyl (C=O) groups is 1. The molecule has 0 saturated heterocycles. The van der Waals surface area contributed by atoms with Gasteiger partial charge in [0.1, 0.15) is 17.1 Å². The number of aromatic nitrogens is 2. The van der Waals surface area contributed by atoms with Gasteiger partial charge in [-0.15, -0.1) is 0 Å². The Labute approximate surface area is 127 Å². The van der Waals surface area contributed by atoms with E-state index in [4.69, 9.17) is 9.84 Å². The van der Waals surface area contributed by atoms with Gasteiger partial charge in [-0.05, 0) is 25.1 Å². The Morgan fingerprint density at radius 2 is 2.14 bits per heavy atom. The molecule has 1 aromatic heterocycles. The van der Waals surface area contributed by atoms with Crippen molar-refractivity contribution in [2.45, 2.75) is 6.92 Å². The molecule has 0 aliphatic rings. The summed E-state index contributed by atoms with van der Waals surface area (Å²) in [5, 5.41) is 8.89. The van der Waals surface area contributed by atoms with Crippen LogP contribution >= 0.6 is 0 Å². The van der Waals surface area contributed by atoms with E-state index in [0.29, 0.717) is 17.9 Å². The van der Waals surface area contributed by atoms with Crippen molar-refractivity contribution in [3.05, 3.63) is 40.3 Å². The van der Waals surface area contributed by atoms with Gasteiger partial charge < -0.3 is 19.7 Å². The summed E-state index contributed by atoms with van der Waals surface area (Å²) in [4.78, 5) is 31.1. The molecule has 1 aromatic carbocycles. The van der Waals surface area contributed by atoms with Crippen LogP contribution in [0.15, 0.2) is 29.2 Å². The van der Waals surface area contributed by atoms with E-state index in [-0.39, 0.29) is 5.82 Å². The number of carboxylic acid groups (broad SMARTS) is 1. The molecule has 0 bridgehead atoms. The minimum absolute atomic E-state index is 0.266. The fraction of sp³-hybridized carbons (Fsp3) is 0.267. The molecule has 2 aromatic rings. The van der Waals surface area contributed by atoms with E-state index >= 15 is 0 Å². The maximum Gasteiger partial charge on any atom is 0.342 e. The van der Waals surface area contributed by atoms with Gasteiger partial charge in [-0.1, -0.05) is 0 Å². The number of nitrogens with zero attached hydrogens (tertiary/aromatic N) is 2. The second-order valence-electron chi connectivity index (χ2n) is 4.79. The van der Waals surface area contributed by atoms with Crippen LogP contribution in [-0.2, 0) is 0 Å². The minimum Gasteiger partial charge on any atom is -0.493 e. The molecule has 2 rings (SSSR count). The third-order valence-electron chi connectivity index (χ3n) is 3.06. The Bertz CT molecular complexity index is 753. The maximum absolute atomic E-state index is 11.8. The molecule has 0 saturated carbocycles. The third kappa shape index (κ3) is 3.08. The zero-order valence-electron chi connectivity index (χ0n) is 12.6. The van der Waals surface area contributed by atoms with Crippen molar-refractivity contribution in [2.75, 3.05) is 25.6 Å². The van der Waals surface area contributed by atoms with Crippen LogP contribution in [-0.4, -0.2) is 41.7 Å². The van der Waals surface area contributed by atoms with Crippen molar-refractivity contribution < 1.29 is 14.6 Å². The zero-order chi connectivity index (χ0) is 16.3. The quantitative estimate of drug-likeness (QED) is 0.871. The third-order valence-corrected chi connectivity index (χ3v) is 3.06. The van der Waals surface area contributed by atoms with Gasteiger partial charge in [0, 0.05) is 26.0 Å². The Kier molecular flexibility index (Phi) is 4.45. The molecular weight excluding hydrogens is 286 g/mol. The first-order valence-electron chi connectivity index (χ1n) is 6.71. The highest BCUT2D eigenvalue weighted by Gasteiger charge is 2.14. The number of aromatic amines is 1. The van der Waals surface area contributed by atoms with Crippen LogP contribution in [0.4, 0.5) is 5.69 Å². The van der Waals surface area contributed by atoms with Gasteiger partial charge in [-0.25, -0.2) is 9.78 Å². The lowest BCUT2D eigenvalue weighted by Gasteiger charge is -2.16. The van der Waals surface area contributed by atoms with Gasteiger partial charge in [0.2, 0.25) is 0 Å². The standard InChI is InChI=1S/C15H17N3O4/c1-4-22-12-6-5-9(18(2)3)7-10(12)13-16-8-11(15(20)21)14(19)17-13/h5-8H,4H2,1-3H3,(H,20,21)(H,16,17,19). The van der Waals surface area contributed by atoms with Crippen molar-refractivity contribution in [1.82, 2.24) is 9.97 Å². The molecule has 0 atom stereocenters. The number of H-pyrrole nitrogens is 1. The van der Waals surface area contributed by atoms with Gasteiger partial charge >= 0.3 is 5.97 Å². The predicted octanol–water partition coefficient (Wildman–Crippen LogP) is 1.60. The molecule has 0 radical (unpaired) electrons. The minimum atomic E-state index is -1.31. The summed E-state index contributed by atoms with van der Waals surface area (Å²) < 4.78 is 5.55. The van der Waals surface area contributed by atoms with Crippen molar-refractivity contribution in [3.63, 3.8) is 0 Å². The Balaban J connectivity index is 2.59. The molecule has 0 unspecified atom stereocenters.